The maximum Gasteiger partial charge on any atom is 0.0237 e. The van der Waals surface area contributed by atoms with E-state index in [4.69, 9.17) is 0 Å². The topological polar surface area (TPSA) is 15.3 Å². The summed E-state index contributed by atoms with van der Waals surface area (Å²) in [6.45, 7) is 5.83. The normalized spacial score (nSPS) is 33.5. The molecule has 0 aromatic heterocycles. The van der Waals surface area contributed by atoms with Crippen LogP contribution in [0.2, 0.25) is 0 Å². The van der Waals surface area contributed by atoms with Crippen LogP contribution in [0, 0.1) is 17.8 Å². The second-order valence-electron chi connectivity index (χ2n) is 7.50. The van der Waals surface area contributed by atoms with Gasteiger partial charge in [0.1, 0.15) is 0 Å². The lowest BCUT2D eigenvalue weighted by atomic mass is 9.69. The lowest BCUT2D eigenvalue weighted by Gasteiger charge is -2.40. The maximum atomic E-state index is 3.88. The third-order valence-electron chi connectivity index (χ3n) is 5.59. The molecule has 2 aliphatic carbocycles. The zero-order chi connectivity index (χ0) is 13.8. The largest absolute Gasteiger partial charge is 0.312 e. The molecule has 2 rings (SSSR count). The van der Waals surface area contributed by atoms with E-state index >= 15 is 0 Å². The lowest BCUT2D eigenvalue weighted by molar-refractivity contribution is 0.135. The predicted octanol–water partition coefficient (Wildman–Crippen LogP) is 3.52. The van der Waals surface area contributed by atoms with Crippen molar-refractivity contribution in [2.24, 2.45) is 17.8 Å². The average molecular weight is 266 g/mol. The number of rotatable bonds is 5. The minimum absolute atomic E-state index is 0.670. The monoisotopic (exact) mass is 266 g/mol. The molecule has 0 saturated heterocycles. The lowest BCUT2D eigenvalue weighted by Crippen LogP contribution is -2.47. The summed E-state index contributed by atoms with van der Waals surface area (Å²) in [5.74, 6) is 2.84. The highest BCUT2D eigenvalue weighted by Gasteiger charge is 2.32. The zero-order valence-corrected chi connectivity index (χ0v) is 13.5. The Labute approximate surface area is 120 Å². The molecule has 4 unspecified atom stereocenters. The molecule has 4 atom stereocenters. The zero-order valence-electron chi connectivity index (χ0n) is 13.5. The number of nitrogens with zero attached hydrogens (tertiary/aromatic N) is 1. The molecule has 2 fully saturated rings. The van der Waals surface area contributed by atoms with Gasteiger partial charge in [0.05, 0.1) is 0 Å². The Balaban J connectivity index is 1.77. The van der Waals surface area contributed by atoms with Gasteiger partial charge in [0.2, 0.25) is 0 Å². The van der Waals surface area contributed by atoms with Gasteiger partial charge in [-0.15, -0.1) is 0 Å². The Hall–Kier alpha value is -0.0800. The number of hydrogen-bond donors (Lipinski definition) is 1. The van der Waals surface area contributed by atoms with Crippen molar-refractivity contribution in [1.29, 1.82) is 0 Å². The van der Waals surface area contributed by atoms with E-state index in [-0.39, 0.29) is 0 Å². The molecule has 0 amide bonds. The molecule has 2 saturated carbocycles. The fraction of sp³-hybridized carbons (Fsp3) is 1.00. The molecule has 0 radical (unpaired) electrons. The minimum atomic E-state index is 0.670. The number of likely N-dealkylation sites (N-methyl/N-ethyl adjacent to an activating group) is 1. The fourth-order valence-electron chi connectivity index (χ4n) is 4.36. The number of nitrogens with one attached hydrogen (secondary N) is 1. The molecule has 0 aromatic rings. The third-order valence-corrected chi connectivity index (χ3v) is 5.59. The second kappa shape index (κ2) is 7.08. The molecule has 112 valence electrons. The summed E-state index contributed by atoms with van der Waals surface area (Å²) in [4.78, 5) is 2.38. The molecule has 2 nitrogen and oxygen atoms in total. The van der Waals surface area contributed by atoms with Gasteiger partial charge in [-0.2, -0.15) is 0 Å². The standard InChI is InChI=1S/C17H34N2/c1-13(2)17(19(3)4)12-18-16-10-9-14-7-5-6-8-15(14)11-16/h13-18H,5-12H2,1-4H3. The molecular weight excluding hydrogens is 232 g/mol. The van der Waals surface area contributed by atoms with E-state index in [1.165, 1.54) is 44.9 Å². The smallest absolute Gasteiger partial charge is 0.0237 e. The average Bonchev–Trinajstić information content (AvgIpc) is 2.38. The van der Waals surface area contributed by atoms with E-state index in [1.807, 2.05) is 0 Å². The Kier molecular flexibility index (Phi) is 5.70. The molecule has 0 aliphatic heterocycles. The van der Waals surface area contributed by atoms with Gasteiger partial charge in [-0.3, -0.25) is 0 Å². The molecule has 0 bridgehead atoms. The van der Waals surface area contributed by atoms with E-state index in [0.29, 0.717) is 6.04 Å². The Bertz CT molecular complexity index is 254. The van der Waals surface area contributed by atoms with Crippen LogP contribution in [-0.2, 0) is 0 Å². The van der Waals surface area contributed by atoms with E-state index in [9.17, 15) is 0 Å². The van der Waals surface area contributed by atoms with E-state index in [1.54, 1.807) is 0 Å². The van der Waals surface area contributed by atoms with Gasteiger partial charge in [-0.1, -0.05) is 39.5 Å². The van der Waals surface area contributed by atoms with Gasteiger partial charge in [0.15, 0.2) is 0 Å². The summed E-state index contributed by atoms with van der Waals surface area (Å²) in [7, 11) is 4.43. The Morgan fingerprint density at radius 3 is 2.32 bits per heavy atom. The van der Waals surface area contributed by atoms with Crippen LogP contribution in [0.5, 0.6) is 0 Å². The minimum Gasteiger partial charge on any atom is -0.312 e. The van der Waals surface area contributed by atoms with Gasteiger partial charge in [0.25, 0.3) is 0 Å². The van der Waals surface area contributed by atoms with E-state index in [2.05, 4.69) is 38.2 Å². The van der Waals surface area contributed by atoms with Crippen LogP contribution in [0.1, 0.15) is 58.8 Å². The van der Waals surface area contributed by atoms with Crippen LogP contribution < -0.4 is 5.32 Å². The van der Waals surface area contributed by atoms with Crippen LogP contribution in [-0.4, -0.2) is 37.6 Å². The first-order valence-corrected chi connectivity index (χ1v) is 8.47. The van der Waals surface area contributed by atoms with Crippen molar-refractivity contribution in [3.63, 3.8) is 0 Å². The van der Waals surface area contributed by atoms with E-state index < -0.39 is 0 Å². The third kappa shape index (κ3) is 4.19. The van der Waals surface area contributed by atoms with Crippen molar-refractivity contribution < 1.29 is 0 Å². The molecular formula is C17H34N2. The molecule has 2 heteroatoms. The number of hydrogen-bond acceptors (Lipinski definition) is 2. The Morgan fingerprint density at radius 2 is 1.68 bits per heavy atom. The van der Waals surface area contributed by atoms with E-state index in [0.717, 1.165) is 30.3 Å². The number of fused-ring (bicyclic) bond motifs is 1. The van der Waals surface area contributed by atoms with Crippen molar-refractivity contribution in [2.75, 3.05) is 20.6 Å². The van der Waals surface area contributed by atoms with Crippen LogP contribution in [0.15, 0.2) is 0 Å². The molecule has 19 heavy (non-hydrogen) atoms. The van der Waals surface area contributed by atoms with Gasteiger partial charge >= 0.3 is 0 Å². The highest BCUT2D eigenvalue weighted by Crippen LogP contribution is 2.40. The van der Waals surface area contributed by atoms with Gasteiger partial charge in [0, 0.05) is 18.6 Å². The summed E-state index contributed by atoms with van der Waals surface area (Å²) in [6.07, 6.45) is 10.3. The molecule has 0 spiro atoms. The Morgan fingerprint density at radius 1 is 1.00 bits per heavy atom. The summed E-state index contributed by atoms with van der Waals surface area (Å²) in [5, 5.41) is 3.88. The van der Waals surface area contributed by atoms with Crippen molar-refractivity contribution in [3.8, 4) is 0 Å². The van der Waals surface area contributed by atoms with Crippen molar-refractivity contribution in [2.45, 2.75) is 70.9 Å². The predicted molar refractivity (Wildman–Crippen MR) is 83.4 cm³/mol. The van der Waals surface area contributed by atoms with Gasteiger partial charge in [-0.25, -0.2) is 0 Å². The van der Waals surface area contributed by atoms with Crippen molar-refractivity contribution in [3.05, 3.63) is 0 Å². The fourth-order valence-corrected chi connectivity index (χ4v) is 4.36. The summed E-state index contributed by atoms with van der Waals surface area (Å²) >= 11 is 0. The van der Waals surface area contributed by atoms with Crippen LogP contribution in [0.3, 0.4) is 0 Å². The van der Waals surface area contributed by atoms with Gasteiger partial charge in [-0.05, 0) is 51.1 Å². The molecule has 1 N–H and O–H groups in total. The quantitative estimate of drug-likeness (QED) is 0.819. The van der Waals surface area contributed by atoms with Crippen LogP contribution in [0.25, 0.3) is 0 Å². The first kappa shape index (κ1) is 15.3. The molecule has 0 heterocycles. The van der Waals surface area contributed by atoms with Crippen molar-refractivity contribution in [1.82, 2.24) is 10.2 Å². The second-order valence-corrected chi connectivity index (χ2v) is 7.50. The SMILES string of the molecule is CC(C)C(CNC1CCC2CCCCC2C1)N(C)C. The highest BCUT2D eigenvalue weighted by molar-refractivity contribution is 4.87. The summed E-state index contributed by atoms with van der Waals surface area (Å²) in [5.41, 5.74) is 0. The molecule has 0 aromatic carbocycles. The summed E-state index contributed by atoms with van der Waals surface area (Å²) < 4.78 is 0. The highest BCUT2D eigenvalue weighted by atomic mass is 15.1. The van der Waals surface area contributed by atoms with Crippen molar-refractivity contribution >= 4 is 0 Å². The van der Waals surface area contributed by atoms with Crippen LogP contribution >= 0.6 is 0 Å². The van der Waals surface area contributed by atoms with Gasteiger partial charge < -0.3 is 10.2 Å². The van der Waals surface area contributed by atoms with Crippen LogP contribution in [0.4, 0.5) is 0 Å². The first-order chi connectivity index (χ1) is 9.08. The molecule has 2 aliphatic rings. The maximum absolute atomic E-state index is 3.88. The first-order valence-electron chi connectivity index (χ1n) is 8.47. The summed E-state index contributed by atoms with van der Waals surface area (Å²) in [6, 6.07) is 1.46.